The molecule has 0 spiro atoms. The molecule has 150 valence electrons. The lowest BCUT2D eigenvalue weighted by molar-refractivity contribution is 0.0529. The average Bonchev–Trinajstić information content (AvgIpc) is 3.18. The molecular weight excluding hydrogens is 402 g/mol. The van der Waals surface area contributed by atoms with Crippen molar-refractivity contribution in [2.45, 2.75) is 6.92 Å². The first kappa shape index (κ1) is 19.6. The molecule has 4 aromatic rings. The van der Waals surface area contributed by atoms with E-state index < -0.39 is 17.3 Å². The zero-order valence-corrected chi connectivity index (χ0v) is 16.8. The highest BCUT2D eigenvalue weighted by atomic mass is 32.1. The minimum absolute atomic E-state index is 0.141. The van der Waals surface area contributed by atoms with E-state index in [1.54, 1.807) is 36.6 Å². The van der Waals surface area contributed by atoms with E-state index in [-0.39, 0.29) is 17.7 Å². The van der Waals surface area contributed by atoms with Gasteiger partial charge in [-0.25, -0.2) is 4.79 Å². The van der Waals surface area contributed by atoms with Crippen molar-refractivity contribution in [2.24, 2.45) is 0 Å². The molecular formula is C23H17NO5S. The van der Waals surface area contributed by atoms with E-state index in [1.807, 2.05) is 30.3 Å². The zero-order chi connectivity index (χ0) is 21.1. The molecule has 6 nitrogen and oxygen atoms in total. The standard InChI is InChI=1S/C23H17NO5S/c1-2-28-23(27)19-17(14-8-4-3-5-9-14)13-30-22(19)24-21(26)16-12-29-18-11-7-6-10-15(18)20(16)25/h3-13H,2H2,1H3,(H,24,26). The summed E-state index contributed by atoms with van der Waals surface area (Å²) in [5.74, 6) is -1.19. The molecule has 4 rings (SSSR count). The third-order valence-corrected chi connectivity index (χ3v) is 5.40. The van der Waals surface area contributed by atoms with Gasteiger partial charge in [0.15, 0.2) is 0 Å². The molecule has 0 saturated heterocycles. The monoisotopic (exact) mass is 419 g/mol. The molecule has 0 aliphatic carbocycles. The maximum Gasteiger partial charge on any atom is 0.341 e. The lowest BCUT2D eigenvalue weighted by atomic mass is 10.0. The number of fused-ring (bicyclic) bond motifs is 1. The van der Waals surface area contributed by atoms with Crippen LogP contribution < -0.4 is 10.7 Å². The predicted molar refractivity (Wildman–Crippen MR) is 116 cm³/mol. The van der Waals surface area contributed by atoms with Crippen molar-refractivity contribution in [3.63, 3.8) is 0 Å². The molecule has 0 radical (unpaired) electrons. The van der Waals surface area contributed by atoms with E-state index in [0.717, 1.165) is 11.8 Å². The fourth-order valence-electron chi connectivity index (χ4n) is 3.09. The molecule has 30 heavy (non-hydrogen) atoms. The lowest BCUT2D eigenvalue weighted by Crippen LogP contribution is -2.22. The Hall–Kier alpha value is -3.71. The van der Waals surface area contributed by atoms with Gasteiger partial charge in [-0.3, -0.25) is 9.59 Å². The van der Waals surface area contributed by atoms with Crippen LogP contribution in [0.2, 0.25) is 0 Å². The van der Waals surface area contributed by atoms with Gasteiger partial charge in [0.05, 0.1) is 12.0 Å². The van der Waals surface area contributed by atoms with Crippen molar-refractivity contribution in [2.75, 3.05) is 11.9 Å². The number of esters is 1. The number of nitrogens with one attached hydrogen (secondary N) is 1. The topological polar surface area (TPSA) is 85.6 Å². The number of carbonyl (C=O) groups is 2. The molecule has 0 aliphatic heterocycles. The Bertz CT molecular complexity index is 1290. The van der Waals surface area contributed by atoms with Crippen LogP contribution in [0.25, 0.3) is 22.1 Å². The molecule has 2 aromatic carbocycles. The van der Waals surface area contributed by atoms with Crippen LogP contribution in [0.1, 0.15) is 27.6 Å². The van der Waals surface area contributed by atoms with Crippen molar-refractivity contribution in [3.8, 4) is 11.1 Å². The second kappa shape index (κ2) is 8.34. The zero-order valence-electron chi connectivity index (χ0n) is 16.0. The van der Waals surface area contributed by atoms with Crippen molar-refractivity contribution < 1.29 is 18.7 Å². The van der Waals surface area contributed by atoms with Gasteiger partial charge in [0.2, 0.25) is 5.43 Å². The van der Waals surface area contributed by atoms with Crippen LogP contribution in [-0.4, -0.2) is 18.5 Å². The highest BCUT2D eigenvalue weighted by Gasteiger charge is 2.24. The summed E-state index contributed by atoms with van der Waals surface area (Å²) < 4.78 is 10.6. The SMILES string of the molecule is CCOC(=O)c1c(-c2ccccc2)csc1NC(=O)c1coc2ccccc2c1=O. The minimum atomic E-state index is -0.651. The maximum absolute atomic E-state index is 12.8. The number of hydrogen-bond donors (Lipinski definition) is 1. The Balaban J connectivity index is 1.74. The molecule has 0 saturated carbocycles. The summed E-state index contributed by atoms with van der Waals surface area (Å²) in [6, 6.07) is 16.0. The van der Waals surface area contributed by atoms with Gasteiger partial charge in [0.25, 0.3) is 5.91 Å². The molecule has 0 fully saturated rings. The molecule has 1 amide bonds. The Morgan fingerprint density at radius 2 is 1.80 bits per heavy atom. The van der Waals surface area contributed by atoms with E-state index in [4.69, 9.17) is 9.15 Å². The quantitative estimate of drug-likeness (QED) is 0.463. The van der Waals surface area contributed by atoms with E-state index in [9.17, 15) is 14.4 Å². The lowest BCUT2D eigenvalue weighted by Gasteiger charge is -2.09. The highest BCUT2D eigenvalue weighted by molar-refractivity contribution is 7.15. The Morgan fingerprint density at radius 1 is 1.07 bits per heavy atom. The number of hydrogen-bond acceptors (Lipinski definition) is 6. The van der Waals surface area contributed by atoms with Crippen LogP contribution in [0.3, 0.4) is 0 Å². The van der Waals surface area contributed by atoms with Crippen LogP contribution in [-0.2, 0) is 4.74 Å². The van der Waals surface area contributed by atoms with E-state index in [1.165, 1.54) is 11.3 Å². The van der Waals surface area contributed by atoms with Gasteiger partial charge in [0.1, 0.15) is 28.0 Å². The van der Waals surface area contributed by atoms with Gasteiger partial charge >= 0.3 is 5.97 Å². The number of para-hydroxylation sites is 1. The summed E-state index contributed by atoms with van der Waals surface area (Å²) in [7, 11) is 0. The Morgan fingerprint density at radius 3 is 2.57 bits per heavy atom. The third-order valence-electron chi connectivity index (χ3n) is 4.51. The van der Waals surface area contributed by atoms with Gasteiger partial charge in [0, 0.05) is 10.9 Å². The first-order chi connectivity index (χ1) is 14.6. The third kappa shape index (κ3) is 3.62. The van der Waals surface area contributed by atoms with Crippen LogP contribution in [0.5, 0.6) is 0 Å². The largest absolute Gasteiger partial charge is 0.463 e. The number of carbonyl (C=O) groups excluding carboxylic acids is 2. The van der Waals surface area contributed by atoms with Gasteiger partial charge < -0.3 is 14.5 Å². The summed E-state index contributed by atoms with van der Waals surface area (Å²) in [6.45, 7) is 1.91. The van der Waals surface area contributed by atoms with Crippen molar-refractivity contribution in [1.82, 2.24) is 0 Å². The van der Waals surface area contributed by atoms with Gasteiger partial charge in [-0.1, -0.05) is 42.5 Å². The fraction of sp³-hybridized carbons (Fsp3) is 0.0870. The van der Waals surface area contributed by atoms with Crippen LogP contribution in [0.4, 0.5) is 5.00 Å². The first-order valence-corrected chi connectivity index (χ1v) is 10.1. The Labute approximate surface area is 175 Å². The van der Waals surface area contributed by atoms with Crippen LogP contribution >= 0.6 is 11.3 Å². The molecule has 7 heteroatoms. The number of ether oxygens (including phenoxy) is 1. The second-order valence-electron chi connectivity index (χ2n) is 6.37. The molecule has 0 atom stereocenters. The summed E-state index contributed by atoms with van der Waals surface area (Å²) >= 11 is 1.19. The second-order valence-corrected chi connectivity index (χ2v) is 7.25. The van der Waals surface area contributed by atoms with Gasteiger partial charge in [-0.15, -0.1) is 11.3 Å². The Kier molecular flexibility index (Phi) is 5.45. The van der Waals surface area contributed by atoms with Crippen molar-refractivity contribution in [3.05, 3.63) is 87.6 Å². The van der Waals surface area contributed by atoms with Crippen LogP contribution in [0, 0.1) is 0 Å². The normalized spacial score (nSPS) is 10.7. The number of benzene rings is 2. The number of anilines is 1. The van der Waals surface area contributed by atoms with E-state index in [0.29, 0.717) is 21.5 Å². The smallest absolute Gasteiger partial charge is 0.341 e. The average molecular weight is 419 g/mol. The summed E-state index contributed by atoms with van der Waals surface area (Å²) in [5, 5.41) is 5.08. The molecule has 2 aromatic heterocycles. The van der Waals surface area contributed by atoms with Crippen LogP contribution in [0.15, 0.2) is 75.5 Å². The molecule has 0 aliphatic rings. The summed E-state index contributed by atoms with van der Waals surface area (Å²) in [5.41, 5.74) is 1.55. The number of thiophene rings is 1. The number of rotatable bonds is 5. The summed E-state index contributed by atoms with van der Waals surface area (Å²) in [6.07, 6.45) is 1.13. The minimum Gasteiger partial charge on any atom is -0.463 e. The number of amides is 1. The van der Waals surface area contributed by atoms with Crippen molar-refractivity contribution in [1.29, 1.82) is 0 Å². The molecule has 1 N–H and O–H groups in total. The van der Waals surface area contributed by atoms with Crippen molar-refractivity contribution >= 4 is 39.2 Å². The highest BCUT2D eigenvalue weighted by Crippen LogP contribution is 2.36. The summed E-state index contributed by atoms with van der Waals surface area (Å²) in [4.78, 5) is 38.2. The first-order valence-electron chi connectivity index (χ1n) is 9.26. The molecule has 0 unspecified atom stereocenters. The maximum atomic E-state index is 12.8. The fourth-order valence-corrected chi connectivity index (χ4v) is 4.04. The van der Waals surface area contributed by atoms with Gasteiger partial charge in [-0.05, 0) is 24.6 Å². The van der Waals surface area contributed by atoms with E-state index >= 15 is 0 Å². The predicted octanol–water partition coefficient (Wildman–Crippen LogP) is 4.95. The van der Waals surface area contributed by atoms with E-state index in [2.05, 4.69) is 5.32 Å². The molecule has 2 heterocycles. The van der Waals surface area contributed by atoms with Gasteiger partial charge in [-0.2, -0.15) is 0 Å². The molecule has 0 bridgehead atoms.